The molecule has 0 saturated carbocycles. The summed E-state index contributed by atoms with van der Waals surface area (Å²) >= 11 is 0. The van der Waals surface area contributed by atoms with Gasteiger partial charge in [0.05, 0.1) is 0 Å². The fraction of sp³-hybridized carbons (Fsp3) is 0.0588. The van der Waals surface area contributed by atoms with Crippen LogP contribution in [0.15, 0.2) is 79.5 Å². The van der Waals surface area contributed by atoms with Crippen LogP contribution in [0.4, 0.5) is 11.4 Å². The Morgan fingerprint density at radius 1 is 1.00 bits per heavy atom. The molecule has 0 aromatic heterocycles. The Morgan fingerprint density at radius 2 is 1.61 bits per heavy atom. The van der Waals surface area contributed by atoms with Crippen molar-refractivity contribution in [1.29, 1.82) is 0 Å². The second-order valence-corrected chi connectivity index (χ2v) is 4.15. The van der Waals surface area contributed by atoms with Crippen molar-refractivity contribution < 1.29 is 0 Å². The molecule has 2 rings (SSSR count). The number of rotatable bonds is 4. The molecule has 90 valence electrons. The lowest BCUT2D eigenvalue weighted by Crippen LogP contribution is -2.15. The zero-order valence-electron chi connectivity index (χ0n) is 10.6. The molecule has 2 aromatic carbocycles. The molecule has 0 amide bonds. The van der Waals surface area contributed by atoms with Crippen molar-refractivity contribution in [1.82, 2.24) is 0 Å². The molecule has 0 aliphatic carbocycles. The highest BCUT2D eigenvalue weighted by atomic mass is 15.1. The van der Waals surface area contributed by atoms with E-state index in [2.05, 4.69) is 49.2 Å². The number of anilines is 2. The van der Waals surface area contributed by atoms with E-state index in [0.29, 0.717) is 0 Å². The Morgan fingerprint density at radius 3 is 2.22 bits per heavy atom. The Balaban J connectivity index is 2.54. The first-order chi connectivity index (χ1) is 8.74. The monoisotopic (exact) mass is 235 g/mol. The summed E-state index contributed by atoms with van der Waals surface area (Å²) in [5, 5.41) is 0. The molecule has 1 heteroatoms. The van der Waals surface area contributed by atoms with Gasteiger partial charge in [0, 0.05) is 17.1 Å². The van der Waals surface area contributed by atoms with Gasteiger partial charge in [-0.2, -0.15) is 0 Å². The Hall–Kier alpha value is -2.28. The number of benzene rings is 2. The minimum atomic E-state index is 0.871. The van der Waals surface area contributed by atoms with Crippen LogP contribution in [0.3, 0.4) is 0 Å². The van der Waals surface area contributed by atoms with Crippen molar-refractivity contribution in [2.45, 2.75) is 6.92 Å². The molecular weight excluding hydrogens is 218 g/mol. The van der Waals surface area contributed by atoms with Gasteiger partial charge in [0.25, 0.3) is 0 Å². The molecule has 0 heterocycles. The molecule has 0 fully saturated rings. The maximum atomic E-state index is 4.08. The predicted octanol–water partition coefficient (Wildman–Crippen LogP) is 4.83. The molecule has 0 radical (unpaired) electrons. The molecule has 0 aliphatic heterocycles. The molecule has 0 bridgehead atoms. The average molecular weight is 235 g/mol. The Kier molecular flexibility index (Phi) is 3.63. The lowest BCUT2D eigenvalue weighted by Gasteiger charge is -2.26. The number of nitrogens with zero attached hydrogens (tertiary/aromatic N) is 1. The van der Waals surface area contributed by atoms with Crippen LogP contribution in [0.2, 0.25) is 0 Å². The summed E-state index contributed by atoms with van der Waals surface area (Å²) in [6.07, 6.45) is 1.78. The smallest absolute Gasteiger partial charge is 0.0490 e. The molecule has 18 heavy (non-hydrogen) atoms. The van der Waals surface area contributed by atoms with Gasteiger partial charge in [0.2, 0.25) is 0 Å². The van der Waals surface area contributed by atoms with Crippen molar-refractivity contribution in [3.63, 3.8) is 0 Å². The van der Waals surface area contributed by atoms with E-state index in [9.17, 15) is 0 Å². The van der Waals surface area contributed by atoms with Crippen molar-refractivity contribution in [3.05, 3.63) is 85.1 Å². The standard InChI is InChI=1S/C17H17N/c1-4-15(3)18(16-11-6-5-7-12-16)17-13-9-8-10-14(17)2/h4-13H,1,3H2,2H3. The first kappa shape index (κ1) is 12.2. The fourth-order valence-electron chi connectivity index (χ4n) is 1.94. The summed E-state index contributed by atoms with van der Waals surface area (Å²) in [5.74, 6) is 0. The highest BCUT2D eigenvalue weighted by molar-refractivity contribution is 5.71. The van der Waals surface area contributed by atoms with E-state index < -0.39 is 0 Å². The van der Waals surface area contributed by atoms with E-state index in [4.69, 9.17) is 0 Å². The van der Waals surface area contributed by atoms with E-state index in [0.717, 1.165) is 17.1 Å². The van der Waals surface area contributed by atoms with Crippen LogP contribution >= 0.6 is 0 Å². The average Bonchev–Trinajstić information content (AvgIpc) is 2.42. The molecule has 0 atom stereocenters. The third-order valence-corrected chi connectivity index (χ3v) is 2.89. The quantitative estimate of drug-likeness (QED) is 0.686. The first-order valence-electron chi connectivity index (χ1n) is 5.96. The van der Waals surface area contributed by atoms with Crippen LogP contribution in [0.25, 0.3) is 0 Å². The molecule has 0 spiro atoms. The fourth-order valence-corrected chi connectivity index (χ4v) is 1.94. The summed E-state index contributed by atoms with van der Waals surface area (Å²) < 4.78 is 0. The number of hydrogen-bond acceptors (Lipinski definition) is 1. The Labute approximate surface area is 109 Å². The molecule has 0 aliphatic rings. The van der Waals surface area contributed by atoms with Crippen LogP contribution in [0, 0.1) is 6.92 Å². The van der Waals surface area contributed by atoms with Crippen LogP contribution < -0.4 is 4.90 Å². The van der Waals surface area contributed by atoms with Gasteiger partial charge in [-0.15, -0.1) is 0 Å². The summed E-state index contributed by atoms with van der Waals surface area (Å²) in [6, 6.07) is 18.5. The highest BCUT2D eigenvalue weighted by Gasteiger charge is 2.12. The SMILES string of the molecule is C=CC(=C)N(c1ccccc1)c1ccccc1C. The summed E-state index contributed by atoms with van der Waals surface area (Å²) in [4.78, 5) is 2.11. The number of para-hydroxylation sites is 2. The van der Waals surface area contributed by atoms with Gasteiger partial charge < -0.3 is 4.90 Å². The van der Waals surface area contributed by atoms with Crippen molar-refractivity contribution >= 4 is 11.4 Å². The first-order valence-corrected chi connectivity index (χ1v) is 5.96. The molecule has 0 saturated heterocycles. The van der Waals surface area contributed by atoms with Crippen LogP contribution in [-0.4, -0.2) is 0 Å². The van der Waals surface area contributed by atoms with Crippen LogP contribution in [0.5, 0.6) is 0 Å². The summed E-state index contributed by atoms with van der Waals surface area (Å²) in [7, 11) is 0. The third-order valence-electron chi connectivity index (χ3n) is 2.89. The van der Waals surface area contributed by atoms with Gasteiger partial charge in [-0.05, 0) is 36.8 Å². The second kappa shape index (κ2) is 5.37. The van der Waals surface area contributed by atoms with Gasteiger partial charge >= 0.3 is 0 Å². The Bertz CT molecular complexity index is 555. The number of hydrogen-bond donors (Lipinski definition) is 0. The molecule has 1 nitrogen and oxygen atoms in total. The van der Waals surface area contributed by atoms with E-state index in [1.807, 2.05) is 30.3 Å². The maximum absolute atomic E-state index is 4.08. The predicted molar refractivity (Wildman–Crippen MR) is 79.1 cm³/mol. The number of allylic oxidation sites excluding steroid dienone is 1. The van der Waals surface area contributed by atoms with Crippen molar-refractivity contribution in [2.75, 3.05) is 4.90 Å². The summed E-state index contributed by atoms with van der Waals surface area (Å²) in [6.45, 7) is 10.00. The van der Waals surface area contributed by atoms with E-state index in [1.54, 1.807) is 6.08 Å². The van der Waals surface area contributed by atoms with Crippen molar-refractivity contribution in [2.24, 2.45) is 0 Å². The third kappa shape index (κ3) is 2.35. The van der Waals surface area contributed by atoms with E-state index >= 15 is 0 Å². The van der Waals surface area contributed by atoms with Gasteiger partial charge in [-0.1, -0.05) is 49.6 Å². The minimum Gasteiger partial charge on any atom is -0.311 e. The zero-order chi connectivity index (χ0) is 13.0. The topological polar surface area (TPSA) is 3.24 Å². The van der Waals surface area contributed by atoms with E-state index in [1.165, 1.54) is 5.56 Å². The van der Waals surface area contributed by atoms with E-state index in [-0.39, 0.29) is 0 Å². The van der Waals surface area contributed by atoms with Crippen LogP contribution in [-0.2, 0) is 0 Å². The lowest BCUT2D eigenvalue weighted by atomic mass is 10.1. The van der Waals surface area contributed by atoms with Gasteiger partial charge in [-0.3, -0.25) is 0 Å². The van der Waals surface area contributed by atoms with Crippen LogP contribution in [0.1, 0.15) is 5.56 Å². The lowest BCUT2D eigenvalue weighted by molar-refractivity contribution is 1.20. The highest BCUT2D eigenvalue weighted by Crippen LogP contribution is 2.31. The molecule has 0 N–H and O–H groups in total. The van der Waals surface area contributed by atoms with Gasteiger partial charge in [0.15, 0.2) is 0 Å². The molecule has 2 aromatic rings. The number of aryl methyl sites for hydroxylation is 1. The van der Waals surface area contributed by atoms with Gasteiger partial charge in [0.1, 0.15) is 0 Å². The van der Waals surface area contributed by atoms with Gasteiger partial charge in [-0.25, -0.2) is 0 Å². The normalized spacial score (nSPS) is 9.83. The second-order valence-electron chi connectivity index (χ2n) is 4.15. The molecule has 0 unspecified atom stereocenters. The van der Waals surface area contributed by atoms with Crippen molar-refractivity contribution in [3.8, 4) is 0 Å². The summed E-state index contributed by atoms with van der Waals surface area (Å²) in [5.41, 5.74) is 4.31. The minimum absolute atomic E-state index is 0.871. The maximum Gasteiger partial charge on any atom is 0.0490 e. The zero-order valence-corrected chi connectivity index (χ0v) is 10.6. The molecular formula is C17H17N. The largest absolute Gasteiger partial charge is 0.311 e.